The molecule has 3 rings (SSSR count). The van der Waals surface area contributed by atoms with Gasteiger partial charge in [0.15, 0.2) is 0 Å². The highest BCUT2D eigenvalue weighted by Gasteiger charge is 2.13. The summed E-state index contributed by atoms with van der Waals surface area (Å²) in [6.45, 7) is 2.07. The van der Waals surface area contributed by atoms with E-state index >= 15 is 0 Å². The minimum atomic E-state index is -0.125. The maximum Gasteiger partial charge on any atom is 0.256 e. The number of para-hydroxylation sites is 2. The normalized spacial score (nSPS) is 10.6. The van der Waals surface area contributed by atoms with Crippen molar-refractivity contribution in [3.8, 4) is 0 Å². The minimum Gasteiger partial charge on any atom is -0.322 e. The number of carbonyl (C=O) groups is 1. The van der Waals surface area contributed by atoms with Crippen LogP contribution in [0.3, 0.4) is 0 Å². The summed E-state index contributed by atoms with van der Waals surface area (Å²) in [6.07, 6.45) is 0.872. The molecule has 2 aromatic carbocycles. The Labute approximate surface area is 137 Å². The molecule has 3 aromatic rings. The van der Waals surface area contributed by atoms with Crippen LogP contribution in [0, 0.1) is 0 Å². The van der Waals surface area contributed by atoms with Crippen molar-refractivity contribution in [1.29, 1.82) is 0 Å². The number of nitrogens with zero attached hydrogens (tertiary/aromatic N) is 1. The molecule has 1 aromatic heterocycles. The van der Waals surface area contributed by atoms with E-state index in [1.807, 2.05) is 48.5 Å². The number of amides is 1. The number of rotatable bonds is 3. The lowest BCUT2D eigenvalue weighted by Crippen LogP contribution is -2.14. The Morgan fingerprint density at radius 3 is 2.68 bits per heavy atom. The van der Waals surface area contributed by atoms with E-state index in [9.17, 15) is 4.79 Å². The van der Waals surface area contributed by atoms with Crippen LogP contribution in [0.15, 0.2) is 59.2 Å². The van der Waals surface area contributed by atoms with Gasteiger partial charge < -0.3 is 5.32 Å². The Morgan fingerprint density at radius 1 is 1.14 bits per heavy atom. The van der Waals surface area contributed by atoms with Crippen molar-refractivity contribution in [3.05, 3.63) is 70.3 Å². The number of hydrogen-bond acceptors (Lipinski definition) is 2. The van der Waals surface area contributed by atoms with E-state index in [1.54, 1.807) is 6.07 Å². The molecule has 0 saturated carbocycles. The highest BCUT2D eigenvalue weighted by molar-refractivity contribution is 9.10. The number of halogens is 1. The standard InChI is InChI=1S/C18H15BrN2O/c1-2-12-7-3-5-9-15(12)21-18(22)14-11-17(19)20-16-10-6-4-8-13(14)16/h3-11H,2H2,1H3,(H,21,22). The van der Waals surface area contributed by atoms with Crippen molar-refractivity contribution in [1.82, 2.24) is 4.98 Å². The highest BCUT2D eigenvalue weighted by Crippen LogP contribution is 2.23. The molecule has 1 heterocycles. The molecule has 0 radical (unpaired) electrons. The molecule has 1 N–H and O–H groups in total. The smallest absolute Gasteiger partial charge is 0.256 e. The summed E-state index contributed by atoms with van der Waals surface area (Å²) < 4.78 is 0.653. The monoisotopic (exact) mass is 354 g/mol. The number of carbonyl (C=O) groups excluding carboxylic acids is 1. The van der Waals surface area contributed by atoms with Crippen LogP contribution in [0.4, 0.5) is 5.69 Å². The number of benzene rings is 2. The van der Waals surface area contributed by atoms with Gasteiger partial charge in [-0.15, -0.1) is 0 Å². The van der Waals surface area contributed by atoms with E-state index in [1.165, 1.54) is 0 Å². The molecule has 0 saturated heterocycles. The number of nitrogens with one attached hydrogen (secondary N) is 1. The number of anilines is 1. The van der Waals surface area contributed by atoms with Gasteiger partial charge in [-0.2, -0.15) is 0 Å². The molecule has 22 heavy (non-hydrogen) atoms. The van der Waals surface area contributed by atoms with Crippen molar-refractivity contribution in [2.75, 3.05) is 5.32 Å². The van der Waals surface area contributed by atoms with Crippen molar-refractivity contribution in [2.45, 2.75) is 13.3 Å². The predicted octanol–water partition coefficient (Wildman–Crippen LogP) is 4.81. The molecule has 3 nitrogen and oxygen atoms in total. The average molecular weight is 355 g/mol. The Morgan fingerprint density at radius 2 is 1.86 bits per heavy atom. The topological polar surface area (TPSA) is 42.0 Å². The quantitative estimate of drug-likeness (QED) is 0.685. The lowest BCUT2D eigenvalue weighted by Gasteiger charge is -2.11. The Kier molecular flexibility index (Phi) is 4.20. The Bertz CT molecular complexity index is 845. The second-order valence-corrected chi connectivity index (χ2v) is 5.79. The van der Waals surface area contributed by atoms with Crippen LogP contribution < -0.4 is 5.32 Å². The molecule has 0 aliphatic rings. The zero-order valence-electron chi connectivity index (χ0n) is 12.1. The van der Waals surface area contributed by atoms with E-state index < -0.39 is 0 Å². The van der Waals surface area contributed by atoms with E-state index in [-0.39, 0.29) is 5.91 Å². The third kappa shape index (κ3) is 2.88. The number of fused-ring (bicyclic) bond motifs is 1. The van der Waals surface area contributed by atoms with Gasteiger partial charge in [-0.25, -0.2) is 4.98 Å². The van der Waals surface area contributed by atoms with Gasteiger partial charge in [-0.1, -0.05) is 43.3 Å². The first-order valence-electron chi connectivity index (χ1n) is 7.13. The SMILES string of the molecule is CCc1ccccc1NC(=O)c1cc(Br)nc2ccccc12. The molecule has 0 aliphatic heterocycles. The summed E-state index contributed by atoms with van der Waals surface area (Å²) >= 11 is 3.37. The summed E-state index contributed by atoms with van der Waals surface area (Å²) in [5, 5.41) is 3.85. The molecule has 0 fully saturated rings. The summed E-state index contributed by atoms with van der Waals surface area (Å²) in [5.41, 5.74) is 3.38. The lowest BCUT2D eigenvalue weighted by atomic mass is 10.1. The third-order valence-corrected chi connectivity index (χ3v) is 3.98. The van der Waals surface area contributed by atoms with Crippen molar-refractivity contribution in [3.63, 3.8) is 0 Å². The fraction of sp³-hybridized carbons (Fsp3) is 0.111. The fourth-order valence-corrected chi connectivity index (χ4v) is 2.89. The first kappa shape index (κ1) is 14.7. The van der Waals surface area contributed by atoms with Crippen LogP contribution in [0.2, 0.25) is 0 Å². The maximum atomic E-state index is 12.7. The van der Waals surface area contributed by atoms with E-state index in [0.717, 1.165) is 28.6 Å². The molecule has 0 bridgehead atoms. The second kappa shape index (κ2) is 6.28. The maximum absolute atomic E-state index is 12.7. The first-order valence-corrected chi connectivity index (χ1v) is 7.93. The lowest BCUT2D eigenvalue weighted by molar-refractivity contribution is 0.102. The molecule has 110 valence electrons. The van der Waals surface area contributed by atoms with Gasteiger partial charge in [-0.05, 0) is 46.1 Å². The zero-order chi connectivity index (χ0) is 15.5. The summed E-state index contributed by atoms with van der Waals surface area (Å²) in [7, 11) is 0. The van der Waals surface area contributed by atoms with Gasteiger partial charge in [0.2, 0.25) is 0 Å². The molecule has 1 amide bonds. The molecular weight excluding hydrogens is 340 g/mol. The minimum absolute atomic E-state index is 0.125. The van der Waals surface area contributed by atoms with Crippen LogP contribution in [0.25, 0.3) is 10.9 Å². The van der Waals surface area contributed by atoms with Crippen LogP contribution in [0.1, 0.15) is 22.8 Å². The van der Waals surface area contributed by atoms with Crippen LogP contribution in [-0.2, 0) is 6.42 Å². The van der Waals surface area contributed by atoms with Gasteiger partial charge in [0.1, 0.15) is 4.60 Å². The summed E-state index contributed by atoms with van der Waals surface area (Å²) in [4.78, 5) is 17.1. The molecule has 4 heteroatoms. The summed E-state index contributed by atoms with van der Waals surface area (Å²) in [5.74, 6) is -0.125. The highest BCUT2D eigenvalue weighted by atomic mass is 79.9. The fourth-order valence-electron chi connectivity index (χ4n) is 2.47. The van der Waals surface area contributed by atoms with Gasteiger partial charge in [0.05, 0.1) is 11.1 Å². The summed E-state index contributed by atoms with van der Waals surface area (Å²) in [6, 6.07) is 17.2. The molecule has 0 atom stereocenters. The van der Waals surface area contributed by atoms with E-state index in [2.05, 4.69) is 33.2 Å². The number of pyridine rings is 1. The Hall–Kier alpha value is -2.20. The van der Waals surface area contributed by atoms with Crippen molar-refractivity contribution in [2.24, 2.45) is 0 Å². The molecule has 0 spiro atoms. The first-order chi connectivity index (χ1) is 10.7. The largest absolute Gasteiger partial charge is 0.322 e. The molecular formula is C18H15BrN2O. The van der Waals surface area contributed by atoms with Gasteiger partial charge in [-0.3, -0.25) is 4.79 Å². The van der Waals surface area contributed by atoms with Gasteiger partial charge in [0, 0.05) is 11.1 Å². The number of aromatic nitrogens is 1. The average Bonchev–Trinajstić information content (AvgIpc) is 2.54. The van der Waals surface area contributed by atoms with Crippen molar-refractivity contribution < 1.29 is 4.79 Å². The van der Waals surface area contributed by atoms with Crippen LogP contribution in [-0.4, -0.2) is 10.9 Å². The van der Waals surface area contributed by atoms with Crippen LogP contribution >= 0.6 is 15.9 Å². The van der Waals surface area contributed by atoms with Gasteiger partial charge >= 0.3 is 0 Å². The Balaban J connectivity index is 2.02. The number of aryl methyl sites for hydroxylation is 1. The zero-order valence-corrected chi connectivity index (χ0v) is 13.7. The number of hydrogen-bond donors (Lipinski definition) is 1. The molecule has 0 aliphatic carbocycles. The van der Waals surface area contributed by atoms with Crippen LogP contribution in [0.5, 0.6) is 0 Å². The third-order valence-electron chi connectivity index (χ3n) is 3.58. The predicted molar refractivity (Wildman–Crippen MR) is 93.2 cm³/mol. The van der Waals surface area contributed by atoms with Gasteiger partial charge in [0.25, 0.3) is 5.91 Å². The van der Waals surface area contributed by atoms with E-state index in [0.29, 0.717) is 10.2 Å². The van der Waals surface area contributed by atoms with E-state index in [4.69, 9.17) is 0 Å². The second-order valence-electron chi connectivity index (χ2n) is 4.97. The van der Waals surface area contributed by atoms with Crippen molar-refractivity contribution >= 4 is 38.4 Å². The molecule has 0 unspecified atom stereocenters.